The van der Waals surface area contributed by atoms with Gasteiger partial charge < -0.3 is 11.1 Å². The van der Waals surface area contributed by atoms with Gasteiger partial charge in [0, 0.05) is 18.5 Å². The number of hydrogen-bond donors (Lipinski definition) is 2. The largest absolute Gasteiger partial charge is 0.397 e. The van der Waals surface area contributed by atoms with Crippen LogP contribution in [0, 0.1) is 0 Å². The second kappa shape index (κ2) is 5.32. The number of benzene rings is 1. The van der Waals surface area contributed by atoms with Crippen LogP contribution in [0.15, 0.2) is 36.7 Å². The van der Waals surface area contributed by atoms with Crippen LogP contribution in [0.3, 0.4) is 0 Å². The summed E-state index contributed by atoms with van der Waals surface area (Å²) in [5, 5.41) is 11.0. The molecule has 22 heavy (non-hydrogen) atoms. The molecule has 0 aliphatic heterocycles. The number of hydrogen-bond acceptors (Lipinski definition) is 5. The first-order valence-electron chi connectivity index (χ1n) is 6.61. The van der Waals surface area contributed by atoms with Gasteiger partial charge in [0.05, 0.1) is 17.4 Å². The quantitative estimate of drug-likeness (QED) is 0.704. The molecule has 1 aromatic carbocycles. The summed E-state index contributed by atoms with van der Waals surface area (Å²) in [5.41, 5.74) is 7.15. The van der Waals surface area contributed by atoms with Crippen molar-refractivity contribution in [2.75, 3.05) is 11.1 Å². The Balaban J connectivity index is 1.84. The third-order valence-electron chi connectivity index (χ3n) is 3.15. The molecule has 0 radical (unpaired) electrons. The maximum absolute atomic E-state index is 12.4. The summed E-state index contributed by atoms with van der Waals surface area (Å²) < 4.78 is 2.85. The molecule has 0 saturated carbocycles. The van der Waals surface area contributed by atoms with Gasteiger partial charge in [0.2, 0.25) is 5.91 Å². The molecule has 3 N–H and O–H groups in total. The normalized spacial score (nSPS) is 10.8. The predicted octanol–water partition coefficient (Wildman–Crippen LogP) is 1.11. The number of fused-ring (bicyclic) bond motifs is 1. The highest BCUT2D eigenvalue weighted by Gasteiger charge is 2.13. The summed E-state index contributed by atoms with van der Waals surface area (Å²) in [5.74, 6) is -0.146. The molecule has 0 saturated heterocycles. The van der Waals surface area contributed by atoms with Crippen LogP contribution >= 0.6 is 0 Å². The van der Waals surface area contributed by atoms with E-state index in [4.69, 9.17) is 5.73 Å². The highest BCUT2D eigenvalue weighted by atomic mass is 16.2. The monoisotopic (exact) mass is 298 g/mol. The van der Waals surface area contributed by atoms with E-state index < -0.39 is 0 Å². The highest BCUT2D eigenvalue weighted by molar-refractivity contribution is 5.98. The van der Waals surface area contributed by atoms with E-state index in [9.17, 15) is 9.59 Å². The van der Waals surface area contributed by atoms with Crippen molar-refractivity contribution < 1.29 is 9.59 Å². The van der Waals surface area contributed by atoms with Crippen LogP contribution in [0.5, 0.6) is 0 Å². The zero-order valence-corrected chi connectivity index (χ0v) is 11.9. The van der Waals surface area contributed by atoms with Crippen molar-refractivity contribution in [3.05, 3.63) is 36.7 Å². The SMILES string of the molecule is CC(=O)Nc1cn(CC(=O)n2ccc3cccc(N)c32)nn1. The maximum Gasteiger partial charge on any atom is 0.252 e. The summed E-state index contributed by atoms with van der Waals surface area (Å²) in [6.45, 7) is 1.36. The van der Waals surface area contributed by atoms with E-state index in [1.165, 1.54) is 22.4 Å². The summed E-state index contributed by atoms with van der Waals surface area (Å²) in [6, 6.07) is 7.30. The summed E-state index contributed by atoms with van der Waals surface area (Å²) in [4.78, 5) is 23.3. The number of amides is 1. The van der Waals surface area contributed by atoms with E-state index in [2.05, 4.69) is 15.6 Å². The van der Waals surface area contributed by atoms with Crippen molar-refractivity contribution in [1.29, 1.82) is 0 Å². The Labute approximate surface area is 125 Å². The molecule has 2 aromatic heterocycles. The van der Waals surface area contributed by atoms with Gasteiger partial charge in [-0.3, -0.25) is 14.2 Å². The minimum absolute atomic E-state index is 0.00923. The Morgan fingerprint density at radius 3 is 2.91 bits per heavy atom. The fourth-order valence-corrected chi connectivity index (χ4v) is 2.26. The van der Waals surface area contributed by atoms with Gasteiger partial charge >= 0.3 is 0 Å². The van der Waals surface area contributed by atoms with Crippen molar-refractivity contribution in [2.45, 2.75) is 13.5 Å². The first-order chi connectivity index (χ1) is 10.5. The van der Waals surface area contributed by atoms with Crippen LogP contribution in [0.2, 0.25) is 0 Å². The molecule has 3 aromatic rings. The Morgan fingerprint density at radius 1 is 1.32 bits per heavy atom. The van der Waals surface area contributed by atoms with E-state index in [0.717, 1.165) is 5.39 Å². The molecule has 8 nitrogen and oxygen atoms in total. The number of nitrogens with two attached hydrogens (primary N) is 1. The molecule has 2 heterocycles. The first kappa shape index (κ1) is 13.8. The van der Waals surface area contributed by atoms with Crippen LogP contribution in [0.4, 0.5) is 11.5 Å². The van der Waals surface area contributed by atoms with Crippen LogP contribution in [-0.2, 0) is 11.3 Å². The van der Waals surface area contributed by atoms with Crippen molar-refractivity contribution >= 4 is 34.2 Å². The van der Waals surface area contributed by atoms with Crippen molar-refractivity contribution in [2.24, 2.45) is 0 Å². The molecule has 0 spiro atoms. The van der Waals surface area contributed by atoms with Gasteiger partial charge in [-0.2, -0.15) is 0 Å². The summed E-state index contributed by atoms with van der Waals surface area (Å²) in [7, 11) is 0. The van der Waals surface area contributed by atoms with Gasteiger partial charge in [-0.25, -0.2) is 4.68 Å². The fourth-order valence-electron chi connectivity index (χ4n) is 2.26. The average Bonchev–Trinajstić information content (AvgIpc) is 3.05. The number of carbonyl (C=O) groups excluding carboxylic acids is 2. The van der Waals surface area contributed by atoms with E-state index >= 15 is 0 Å². The van der Waals surface area contributed by atoms with Crippen LogP contribution < -0.4 is 11.1 Å². The van der Waals surface area contributed by atoms with E-state index in [-0.39, 0.29) is 18.4 Å². The van der Waals surface area contributed by atoms with Crippen LogP contribution in [-0.4, -0.2) is 31.4 Å². The molecular formula is C14H14N6O2. The van der Waals surface area contributed by atoms with Gasteiger partial charge in [0.15, 0.2) is 5.82 Å². The van der Waals surface area contributed by atoms with Crippen molar-refractivity contribution in [3.8, 4) is 0 Å². The zero-order chi connectivity index (χ0) is 15.7. The average molecular weight is 298 g/mol. The predicted molar refractivity (Wildman–Crippen MR) is 81.3 cm³/mol. The minimum atomic E-state index is -0.248. The summed E-state index contributed by atoms with van der Waals surface area (Å²) >= 11 is 0. The second-order valence-corrected chi connectivity index (χ2v) is 4.85. The minimum Gasteiger partial charge on any atom is -0.397 e. The maximum atomic E-state index is 12.4. The van der Waals surface area contributed by atoms with Gasteiger partial charge in [-0.1, -0.05) is 17.3 Å². The number of aromatic nitrogens is 4. The Morgan fingerprint density at radius 2 is 2.14 bits per heavy atom. The van der Waals surface area contributed by atoms with Crippen molar-refractivity contribution in [3.63, 3.8) is 0 Å². The molecule has 0 aliphatic rings. The molecule has 112 valence electrons. The van der Waals surface area contributed by atoms with Gasteiger partial charge in [-0.15, -0.1) is 5.10 Å². The number of nitrogens with one attached hydrogen (secondary N) is 1. The smallest absolute Gasteiger partial charge is 0.252 e. The van der Waals surface area contributed by atoms with Crippen molar-refractivity contribution in [1.82, 2.24) is 19.6 Å². The van der Waals surface area contributed by atoms with E-state index in [1.54, 1.807) is 12.3 Å². The Hall–Kier alpha value is -3.16. The Bertz CT molecular complexity index is 863. The number of rotatable bonds is 3. The molecule has 0 atom stereocenters. The molecular weight excluding hydrogens is 284 g/mol. The van der Waals surface area contributed by atoms with Crippen LogP contribution in [0.25, 0.3) is 10.9 Å². The number of carbonyl (C=O) groups is 2. The lowest BCUT2D eigenvalue weighted by Gasteiger charge is -2.05. The number of para-hydroxylation sites is 1. The molecule has 0 fully saturated rings. The van der Waals surface area contributed by atoms with Gasteiger partial charge in [-0.05, 0) is 12.1 Å². The lowest BCUT2D eigenvalue weighted by atomic mass is 10.2. The fraction of sp³-hybridized carbons (Fsp3) is 0.143. The lowest BCUT2D eigenvalue weighted by Crippen LogP contribution is -2.18. The third-order valence-corrected chi connectivity index (χ3v) is 3.15. The molecule has 0 bridgehead atoms. The topological polar surface area (TPSA) is 108 Å². The molecule has 1 amide bonds. The number of nitrogen functional groups attached to an aromatic ring is 1. The first-order valence-corrected chi connectivity index (χ1v) is 6.61. The zero-order valence-electron chi connectivity index (χ0n) is 11.9. The second-order valence-electron chi connectivity index (χ2n) is 4.85. The molecule has 0 unspecified atom stereocenters. The molecule has 3 rings (SSSR count). The molecule has 0 aliphatic carbocycles. The number of nitrogens with zero attached hydrogens (tertiary/aromatic N) is 4. The standard InChI is InChI=1S/C14H14N6O2/c1-9(21)16-12-7-19(18-17-12)8-13(22)20-6-5-10-3-2-4-11(15)14(10)20/h2-7H,8,15H2,1H3,(H,16,21). The summed E-state index contributed by atoms with van der Waals surface area (Å²) in [6.07, 6.45) is 3.17. The highest BCUT2D eigenvalue weighted by Crippen LogP contribution is 2.22. The Kier molecular flexibility index (Phi) is 3.34. The number of anilines is 2. The molecule has 8 heteroatoms. The van der Waals surface area contributed by atoms with E-state index in [1.807, 2.05) is 18.2 Å². The lowest BCUT2D eigenvalue weighted by molar-refractivity contribution is -0.114. The van der Waals surface area contributed by atoms with Crippen LogP contribution in [0.1, 0.15) is 11.7 Å². The van der Waals surface area contributed by atoms with Gasteiger partial charge in [0.1, 0.15) is 6.54 Å². The van der Waals surface area contributed by atoms with Gasteiger partial charge in [0.25, 0.3) is 5.91 Å². The van der Waals surface area contributed by atoms with E-state index in [0.29, 0.717) is 17.0 Å². The third kappa shape index (κ3) is 2.53.